The highest BCUT2D eigenvalue weighted by atomic mass is 35.5. The summed E-state index contributed by atoms with van der Waals surface area (Å²) < 4.78 is 6.17. The Bertz CT molecular complexity index is 430. The number of hydrogen-bond donors (Lipinski definition) is 1. The molecular formula is C15H21Cl2NO. The molecule has 0 heterocycles. The summed E-state index contributed by atoms with van der Waals surface area (Å²) in [5, 5.41) is 4.68. The normalized spacial score (nSPS) is 17.3. The van der Waals surface area contributed by atoms with Gasteiger partial charge < -0.3 is 10.1 Å². The van der Waals surface area contributed by atoms with Crippen LogP contribution in [0.5, 0.6) is 5.75 Å². The minimum absolute atomic E-state index is 0.0423. The van der Waals surface area contributed by atoms with Gasteiger partial charge in [0.1, 0.15) is 11.4 Å². The van der Waals surface area contributed by atoms with Crippen molar-refractivity contribution < 1.29 is 4.74 Å². The summed E-state index contributed by atoms with van der Waals surface area (Å²) in [6.45, 7) is 5.29. The van der Waals surface area contributed by atoms with E-state index in [1.54, 1.807) is 6.07 Å². The molecule has 1 saturated carbocycles. The molecule has 1 N–H and O–H groups in total. The molecule has 0 unspecified atom stereocenters. The van der Waals surface area contributed by atoms with Crippen LogP contribution in [0, 0.1) is 0 Å². The van der Waals surface area contributed by atoms with Crippen molar-refractivity contribution in [3.63, 3.8) is 0 Å². The van der Waals surface area contributed by atoms with E-state index in [4.69, 9.17) is 27.9 Å². The van der Waals surface area contributed by atoms with Gasteiger partial charge in [-0.25, -0.2) is 0 Å². The molecule has 1 aromatic rings. The fourth-order valence-corrected chi connectivity index (χ4v) is 2.80. The molecule has 2 nitrogen and oxygen atoms in total. The molecule has 1 fully saturated rings. The zero-order chi connectivity index (χ0) is 13.9. The van der Waals surface area contributed by atoms with E-state index < -0.39 is 0 Å². The van der Waals surface area contributed by atoms with E-state index in [1.165, 1.54) is 6.42 Å². The molecule has 1 aromatic carbocycles. The SMILES string of the molecule is CC(C)NCCC1(Oc2ccc(Cl)cc2Cl)CCC1. The third kappa shape index (κ3) is 4.01. The van der Waals surface area contributed by atoms with Crippen LogP contribution in [0.25, 0.3) is 0 Å². The number of hydrogen-bond acceptors (Lipinski definition) is 2. The summed E-state index contributed by atoms with van der Waals surface area (Å²) in [4.78, 5) is 0. The second kappa shape index (κ2) is 6.34. The number of benzene rings is 1. The minimum Gasteiger partial charge on any atom is -0.486 e. The summed E-state index contributed by atoms with van der Waals surface area (Å²) >= 11 is 12.1. The van der Waals surface area contributed by atoms with Crippen molar-refractivity contribution in [2.75, 3.05) is 6.54 Å². The van der Waals surface area contributed by atoms with Gasteiger partial charge in [0.2, 0.25) is 0 Å². The summed E-state index contributed by atoms with van der Waals surface area (Å²) in [5.74, 6) is 0.746. The lowest BCUT2D eigenvalue weighted by Gasteiger charge is -2.42. The second-order valence-corrected chi connectivity index (χ2v) is 6.42. The lowest BCUT2D eigenvalue weighted by atomic mass is 9.77. The van der Waals surface area contributed by atoms with Crippen LogP contribution in [-0.2, 0) is 0 Å². The van der Waals surface area contributed by atoms with Crippen LogP contribution >= 0.6 is 23.2 Å². The molecule has 0 radical (unpaired) electrons. The van der Waals surface area contributed by atoms with Crippen LogP contribution in [-0.4, -0.2) is 18.2 Å². The van der Waals surface area contributed by atoms with Crippen molar-refractivity contribution in [3.05, 3.63) is 28.2 Å². The lowest BCUT2D eigenvalue weighted by molar-refractivity contribution is -0.0144. The molecule has 0 bridgehead atoms. The van der Waals surface area contributed by atoms with Crippen molar-refractivity contribution in [1.29, 1.82) is 0 Å². The Morgan fingerprint density at radius 3 is 2.58 bits per heavy atom. The van der Waals surface area contributed by atoms with E-state index in [9.17, 15) is 0 Å². The predicted octanol–water partition coefficient (Wildman–Crippen LogP) is 4.68. The van der Waals surface area contributed by atoms with Crippen molar-refractivity contribution in [3.8, 4) is 5.75 Å². The van der Waals surface area contributed by atoms with Gasteiger partial charge in [-0.2, -0.15) is 0 Å². The average Bonchev–Trinajstić information content (AvgIpc) is 2.28. The topological polar surface area (TPSA) is 21.3 Å². The Morgan fingerprint density at radius 2 is 2.05 bits per heavy atom. The summed E-state index contributed by atoms with van der Waals surface area (Å²) in [5.41, 5.74) is -0.0423. The van der Waals surface area contributed by atoms with Gasteiger partial charge in [-0.05, 0) is 50.4 Å². The van der Waals surface area contributed by atoms with E-state index >= 15 is 0 Å². The van der Waals surface area contributed by atoms with Crippen LogP contribution in [0.1, 0.15) is 39.5 Å². The maximum Gasteiger partial charge on any atom is 0.138 e. The van der Waals surface area contributed by atoms with Crippen molar-refractivity contribution >= 4 is 23.2 Å². The summed E-state index contributed by atoms with van der Waals surface area (Å²) in [6, 6.07) is 5.93. The number of ether oxygens (including phenoxy) is 1. The largest absolute Gasteiger partial charge is 0.486 e. The summed E-state index contributed by atoms with van der Waals surface area (Å²) in [7, 11) is 0. The standard InChI is InChI=1S/C15H21Cl2NO/c1-11(2)18-9-8-15(6-3-7-15)19-14-5-4-12(16)10-13(14)17/h4-5,10-11,18H,3,6-9H2,1-2H3. The average molecular weight is 302 g/mol. The monoisotopic (exact) mass is 301 g/mol. The number of rotatable bonds is 6. The van der Waals surface area contributed by atoms with Crippen molar-refractivity contribution in [2.45, 2.75) is 51.2 Å². The maximum atomic E-state index is 6.18. The zero-order valence-corrected chi connectivity index (χ0v) is 13.0. The molecule has 2 rings (SSSR count). The van der Waals surface area contributed by atoms with Crippen molar-refractivity contribution in [1.82, 2.24) is 5.32 Å². The van der Waals surface area contributed by atoms with Gasteiger partial charge in [-0.3, -0.25) is 0 Å². The molecule has 19 heavy (non-hydrogen) atoms. The highest BCUT2D eigenvalue weighted by Crippen LogP contribution is 2.41. The molecule has 0 aromatic heterocycles. The third-order valence-corrected chi connectivity index (χ3v) is 4.15. The zero-order valence-electron chi connectivity index (χ0n) is 11.5. The van der Waals surface area contributed by atoms with Crippen LogP contribution in [0.4, 0.5) is 0 Å². The predicted molar refractivity (Wildman–Crippen MR) is 81.4 cm³/mol. The van der Waals surface area contributed by atoms with Gasteiger partial charge in [-0.1, -0.05) is 37.0 Å². The fraction of sp³-hybridized carbons (Fsp3) is 0.600. The molecule has 0 spiro atoms. The van der Waals surface area contributed by atoms with Gasteiger partial charge in [0.25, 0.3) is 0 Å². The first-order chi connectivity index (χ1) is 9.01. The molecule has 1 aliphatic rings. The van der Waals surface area contributed by atoms with E-state index in [-0.39, 0.29) is 5.60 Å². The lowest BCUT2D eigenvalue weighted by Crippen LogP contribution is -2.46. The molecule has 0 amide bonds. The minimum atomic E-state index is -0.0423. The third-order valence-electron chi connectivity index (χ3n) is 3.62. The molecular weight excluding hydrogens is 281 g/mol. The van der Waals surface area contributed by atoms with Gasteiger partial charge >= 0.3 is 0 Å². The van der Waals surface area contributed by atoms with Crippen molar-refractivity contribution in [2.24, 2.45) is 0 Å². The molecule has 0 atom stereocenters. The second-order valence-electron chi connectivity index (χ2n) is 5.57. The first kappa shape index (κ1) is 15.0. The Labute approximate surface area is 125 Å². The first-order valence-corrected chi connectivity index (χ1v) is 7.64. The van der Waals surface area contributed by atoms with Crippen LogP contribution in [0.2, 0.25) is 10.0 Å². The molecule has 0 saturated heterocycles. The molecule has 0 aliphatic heterocycles. The van der Waals surface area contributed by atoms with Gasteiger partial charge in [0, 0.05) is 11.1 Å². The molecule has 1 aliphatic carbocycles. The highest BCUT2D eigenvalue weighted by Gasteiger charge is 2.39. The van der Waals surface area contributed by atoms with Gasteiger partial charge in [-0.15, -0.1) is 0 Å². The van der Waals surface area contributed by atoms with E-state index in [1.807, 2.05) is 12.1 Å². The Kier molecular flexibility index (Phi) is 4.99. The Morgan fingerprint density at radius 1 is 1.32 bits per heavy atom. The Hall–Kier alpha value is -0.440. The van der Waals surface area contributed by atoms with E-state index in [0.29, 0.717) is 16.1 Å². The fourth-order valence-electron chi connectivity index (χ4n) is 2.35. The first-order valence-electron chi connectivity index (χ1n) is 6.88. The highest BCUT2D eigenvalue weighted by molar-refractivity contribution is 6.35. The Balaban J connectivity index is 1.98. The van der Waals surface area contributed by atoms with Gasteiger partial charge in [0.05, 0.1) is 5.02 Å². The van der Waals surface area contributed by atoms with Crippen LogP contribution < -0.4 is 10.1 Å². The maximum absolute atomic E-state index is 6.18. The number of halogens is 2. The van der Waals surface area contributed by atoms with Gasteiger partial charge in [0.15, 0.2) is 0 Å². The van der Waals surface area contributed by atoms with Crippen LogP contribution in [0.15, 0.2) is 18.2 Å². The molecule has 106 valence electrons. The quantitative estimate of drug-likeness (QED) is 0.823. The van der Waals surface area contributed by atoms with E-state index in [2.05, 4.69) is 19.2 Å². The van der Waals surface area contributed by atoms with Crippen LogP contribution in [0.3, 0.4) is 0 Å². The smallest absolute Gasteiger partial charge is 0.138 e. The number of nitrogens with one attached hydrogen (secondary N) is 1. The van der Waals surface area contributed by atoms with E-state index in [0.717, 1.165) is 31.6 Å². The summed E-state index contributed by atoms with van der Waals surface area (Å²) in [6.07, 6.45) is 4.45. The molecule has 4 heteroatoms.